The number of hydrogen-bond donors (Lipinski definition) is 2. The van der Waals surface area contributed by atoms with E-state index in [-0.39, 0.29) is 17.7 Å². The van der Waals surface area contributed by atoms with Gasteiger partial charge in [0.05, 0.1) is 43.3 Å². The summed E-state index contributed by atoms with van der Waals surface area (Å²) in [5.41, 5.74) is 0.882. The molecule has 2 N–H and O–H groups in total. The molecule has 0 spiro atoms. The highest BCUT2D eigenvalue weighted by molar-refractivity contribution is 5.92. The van der Waals surface area contributed by atoms with Gasteiger partial charge in [0.1, 0.15) is 11.5 Å². The van der Waals surface area contributed by atoms with E-state index in [1.165, 1.54) is 24.5 Å². The maximum absolute atomic E-state index is 14.7. The first-order chi connectivity index (χ1) is 17.7. The predicted octanol–water partition coefficient (Wildman–Crippen LogP) is 4.46. The Kier molecular flexibility index (Phi) is 7.72. The number of pyridine rings is 1. The van der Waals surface area contributed by atoms with Crippen molar-refractivity contribution in [3.05, 3.63) is 78.4 Å². The number of nitrogens with zero attached hydrogens (tertiary/aromatic N) is 5. The van der Waals surface area contributed by atoms with Crippen LogP contribution < -0.4 is 10.6 Å². The Morgan fingerprint density at radius 1 is 1.00 bits per heavy atom. The van der Waals surface area contributed by atoms with E-state index in [1.54, 1.807) is 30.3 Å². The van der Waals surface area contributed by atoms with E-state index in [9.17, 15) is 22.4 Å². The molecule has 0 fully saturated rings. The van der Waals surface area contributed by atoms with Gasteiger partial charge in [-0.25, -0.2) is 19.3 Å². The Hall–Kier alpha value is -4.39. The third-order valence-electron chi connectivity index (χ3n) is 5.14. The summed E-state index contributed by atoms with van der Waals surface area (Å²) < 4.78 is 59.2. The van der Waals surface area contributed by atoms with Crippen LogP contribution in [-0.2, 0) is 28.7 Å². The lowest BCUT2D eigenvalue weighted by molar-refractivity contribution is -0.141. The molecule has 192 valence electrons. The van der Waals surface area contributed by atoms with Gasteiger partial charge in [-0.1, -0.05) is 12.1 Å². The van der Waals surface area contributed by atoms with Crippen molar-refractivity contribution in [1.29, 1.82) is 0 Å². The van der Waals surface area contributed by atoms with Crippen LogP contribution in [0.5, 0.6) is 0 Å². The second-order valence-electron chi connectivity index (χ2n) is 7.87. The summed E-state index contributed by atoms with van der Waals surface area (Å²) >= 11 is 0. The number of ether oxygens (including phenoxy) is 1. The normalized spacial score (nSPS) is 11.4. The number of alkyl halides is 3. The van der Waals surface area contributed by atoms with Crippen molar-refractivity contribution in [2.45, 2.75) is 19.1 Å². The molecular weight excluding hydrogens is 494 g/mol. The zero-order chi connectivity index (χ0) is 26.4. The number of anilines is 3. The lowest BCUT2D eigenvalue weighted by Gasteiger charge is -2.09. The first kappa shape index (κ1) is 25.7. The van der Waals surface area contributed by atoms with Crippen LogP contribution in [0.25, 0.3) is 11.1 Å². The van der Waals surface area contributed by atoms with Crippen molar-refractivity contribution in [2.75, 3.05) is 24.4 Å². The lowest BCUT2D eigenvalue weighted by atomic mass is 10.0. The molecule has 0 radical (unpaired) electrons. The van der Waals surface area contributed by atoms with Crippen LogP contribution >= 0.6 is 0 Å². The molecule has 0 aliphatic rings. The summed E-state index contributed by atoms with van der Waals surface area (Å²) in [6.45, 7) is 1.14. The maximum Gasteiger partial charge on any atom is 0.433 e. The van der Waals surface area contributed by atoms with Gasteiger partial charge in [-0.05, 0) is 29.3 Å². The predicted molar refractivity (Wildman–Crippen MR) is 126 cm³/mol. The molecule has 0 saturated carbocycles. The molecule has 37 heavy (non-hydrogen) atoms. The summed E-state index contributed by atoms with van der Waals surface area (Å²) in [5, 5.41) is 9.63. The average molecular weight is 515 g/mol. The van der Waals surface area contributed by atoms with Crippen LogP contribution in [0.2, 0.25) is 0 Å². The molecule has 0 atom stereocenters. The van der Waals surface area contributed by atoms with Crippen molar-refractivity contribution in [3.63, 3.8) is 0 Å². The third kappa shape index (κ3) is 6.85. The molecule has 0 bridgehead atoms. The number of halogens is 4. The highest BCUT2D eigenvalue weighted by Crippen LogP contribution is 2.28. The van der Waals surface area contributed by atoms with Gasteiger partial charge in [-0.3, -0.25) is 9.48 Å². The molecule has 3 aromatic heterocycles. The van der Waals surface area contributed by atoms with Crippen LogP contribution in [0.1, 0.15) is 11.3 Å². The van der Waals surface area contributed by atoms with E-state index < -0.39 is 23.6 Å². The largest absolute Gasteiger partial charge is 0.433 e. The van der Waals surface area contributed by atoms with Gasteiger partial charge in [0.2, 0.25) is 11.9 Å². The van der Waals surface area contributed by atoms with E-state index in [4.69, 9.17) is 4.74 Å². The fourth-order valence-electron chi connectivity index (χ4n) is 3.29. The van der Waals surface area contributed by atoms with E-state index in [2.05, 4.69) is 30.7 Å². The molecular formula is C24H21F4N7O2. The molecule has 0 aliphatic carbocycles. The second-order valence-corrected chi connectivity index (χ2v) is 7.87. The molecule has 1 aromatic carbocycles. The maximum atomic E-state index is 14.7. The lowest BCUT2D eigenvalue weighted by Crippen LogP contribution is -2.16. The van der Waals surface area contributed by atoms with Crippen molar-refractivity contribution in [2.24, 2.45) is 0 Å². The summed E-state index contributed by atoms with van der Waals surface area (Å²) in [6, 6.07) is 6.17. The SMILES string of the molecule is COCCn1cc(Nc2ncc(-c3ccc(CC(=O)Nc4ccc(C(F)(F)F)nc4)c(F)c3)cn2)cn1. The van der Waals surface area contributed by atoms with Gasteiger partial charge in [-0.2, -0.15) is 18.3 Å². The number of rotatable bonds is 9. The minimum atomic E-state index is -4.58. The molecule has 0 saturated heterocycles. The molecule has 0 unspecified atom stereocenters. The standard InChI is InChI=1S/C24H21F4N7O2/c1-37-7-6-35-14-19(13-32-35)34-23-30-10-17(11-31-23)15-2-3-16(20(25)8-15)9-22(36)33-18-4-5-21(29-12-18)24(26,27)28/h2-5,8,10-14H,6-7,9H2,1H3,(H,33,36)(H,30,31,34). The smallest absolute Gasteiger partial charge is 0.383 e. The van der Waals surface area contributed by atoms with Gasteiger partial charge in [0.15, 0.2) is 0 Å². The number of hydrogen-bond acceptors (Lipinski definition) is 7. The Morgan fingerprint density at radius 2 is 1.78 bits per heavy atom. The molecule has 4 rings (SSSR count). The van der Waals surface area contributed by atoms with Crippen molar-refractivity contribution < 1.29 is 27.1 Å². The summed E-state index contributed by atoms with van der Waals surface area (Å²) in [5.74, 6) is -0.886. The van der Waals surface area contributed by atoms with Gasteiger partial charge in [0.25, 0.3) is 0 Å². The fraction of sp³-hybridized carbons (Fsp3) is 0.208. The minimum Gasteiger partial charge on any atom is -0.383 e. The third-order valence-corrected chi connectivity index (χ3v) is 5.14. The number of benzene rings is 1. The average Bonchev–Trinajstić information content (AvgIpc) is 3.31. The molecule has 4 aromatic rings. The number of methoxy groups -OCH3 is 1. The van der Waals surface area contributed by atoms with Gasteiger partial charge < -0.3 is 15.4 Å². The number of aromatic nitrogens is 5. The summed E-state index contributed by atoms with van der Waals surface area (Å²) in [7, 11) is 1.61. The molecule has 1 amide bonds. The van der Waals surface area contributed by atoms with E-state index >= 15 is 0 Å². The highest BCUT2D eigenvalue weighted by Gasteiger charge is 2.32. The second kappa shape index (κ2) is 11.1. The van der Waals surface area contributed by atoms with Gasteiger partial charge in [-0.15, -0.1) is 0 Å². The number of nitrogens with one attached hydrogen (secondary N) is 2. The van der Waals surface area contributed by atoms with Crippen LogP contribution in [-0.4, -0.2) is 44.4 Å². The Labute approximate surface area is 208 Å². The quantitative estimate of drug-likeness (QED) is 0.317. The molecule has 9 nitrogen and oxygen atoms in total. The Bertz CT molecular complexity index is 1360. The van der Waals surface area contributed by atoms with E-state index in [0.29, 0.717) is 35.9 Å². The highest BCUT2D eigenvalue weighted by atomic mass is 19.4. The van der Waals surface area contributed by atoms with Crippen molar-refractivity contribution in [3.8, 4) is 11.1 Å². The van der Waals surface area contributed by atoms with Crippen LogP contribution in [0.3, 0.4) is 0 Å². The monoisotopic (exact) mass is 515 g/mol. The summed E-state index contributed by atoms with van der Waals surface area (Å²) in [4.78, 5) is 24.0. The van der Waals surface area contributed by atoms with Crippen molar-refractivity contribution >= 4 is 23.2 Å². The van der Waals surface area contributed by atoms with Crippen LogP contribution in [0.15, 0.2) is 61.3 Å². The number of amides is 1. The van der Waals surface area contributed by atoms with Crippen LogP contribution in [0, 0.1) is 5.82 Å². The number of carbonyl (C=O) groups is 1. The van der Waals surface area contributed by atoms with E-state index in [0.717, 1.165) is 18.3 Å². The minimum absolute atomic E-state index is 0.0724. The fourth-order valence-corrected chi connectivity index (χ4v) is 3.29. The summed E-state index contributed by atoms with van der Waals surface area (Å²) in [6.07, 6.45) is 2.48. The molecule has 0 aliphatic heterocycles. The first-order valence-electron chi connectivity index (χ1n) is 10.9. The van der Waals surface area contributed by atoms with E-state index in [1.807, 2.05) is 0 Å². The van der Waals surface area contributed by atoms with Crippen LogP contribution in [0.4, 0.5) is 34.9 Å². The van der Waals surface area contributed by atoms with Gasteiger partial charge in [0, 0.05) is 31.3 Å². The topological polar surface area (TPSA) is 107 Å². The Morgan fingerprint density at radius 3 is 2.43 bits per heavy atom. The van der Waals surface area contributed by atoms with Crippen molar-refractivity contribution in [1.82, 2.24) is 24.7 Å². The molecule has 3 heterocycles. The van der Waals surface area contributed by atoms with Gasteiger partial charge >= 0.3 is 6.18 Å². The zero-order valence-electron chi connectivity index (χ0n) is 19.5. The zero-order valence-corrected chi connectivity index (χ0v) is 19.5. The molecule has 13 heteroatoms. The first-order valence-corrected chi connectivity index (χ1v) is 10.9. The number of carbonyl (C=O) groups excluding carboxylic acids is 1. The Balaban J connectivity index is 1.36.